The van der Waals surface area contributed by atoms with Crippen LogP contribution in [0.15, 0.2) is 45.7 Å². The third-order valence-electron chi connectivity index (χ3n) is 2.98. The van der Waals surface area contributed by atoms with E-state index in [1.54, 1.807) is 0 Å². The molecule has 0 saturated heterocycles. The highest BCUT2D eigenvalue weighted by Gasteiger charge is 2.18. The molecule has 10 heteroatoms. The Balaban J connectivity index is 1.78. The Morgan fingerprint density at radius 2 is 2.08 bits per heavy atom. The molecule has 0 saturated carbocycles. The van der Waals surface area contributed by atoms with Crippen molar-refractivity contribution in [3.05, 3.63) is 51.4 Å². The number of nitrogens with zero attached hydrogens (tertiary/aromatic N) is 3. The highest BCUT2D eigenvalue weighted by molar-refractivity contribution is 7.98. The lowest BCUT2D eigenvalue weighted by Crippen LogP contribution is -2.10. The van der Waals surface area contributed by atoms with Gasteiger partial charge in [-0.25, -0.2) is 0 Å². The predicted octanol–water partition coefficient (Wildman–Crippen LogP) is 3.68. The van der Waals surface area contributed by atoms with Gasteiger partial charge in [-0.2, -0.15) is 0 Å². The number of aromatic nitrogens is 2. The average molecular weight is 362 g/mol. The van der Waals surface area contributed by atoms with E-state index in [0.29, 0.717) is 0 Å². The van der Waals surface area contributed by atoms with Gasteiger partial charge in [0.15, 0.2) is 0 Å². The van der Waals surface area contributed by atoms with Crippen LogP contribution in [-0.4, -0.2) is 27.3 Å². The molecule has 2 heterocycles. The van der Waals surface area contributed by atoms with Crippen LogP contribution in [-0.2, 0) is 0 Å². The molecule has 122 valence electrons. The van der Waals surface area contributed by atoms with Gasteiger partial charge in [0.1, 0.15) is 0 Å². The number of anilines is 1. The molecule has 0 aliphatic rings. The van der Waals surface area contributed by atoms with E-state index < -0.39 is 10.8 Å². The fourth-order valence-corrected chi connectivity index (χ4v) is 3.22. The number of carbonyl (C=O) groups excluding carboxylic acids is 1. The average Bonchev–Trinajstić information content (AvgIpc) is 3.24. The molecule has 3 rings (SSSR count). The Bertz CT molecular complexity index is 906. The number of hydrogen-bond acceptors (Lipinski definition) is 8. The van der Waals surface area contributed by atoms with E-state index in [1.807, 2.05) is 30.5 Å². The standard InChI is InChI=1S/C14H10N4O4S2/c1-23-9-5-3-2-4-8(9)13-16-17-14(22-13)15-12(19)10-6-7-11(24-10)18(20)21/h2-7H,1H3,(H,15,17,19). The minimum atomic E-state index is -0.550. The minimum absolute atomic E-state index is 0.0676. The molecule has 24 heavy (non-hydrogen) atoms. The number of nitrogens with one attached hydrogen (secondary N) is 1. The number of hydrogen-bond donors (Lipinski definition) is 1. The summed E-state index contributed by atoms with van der Waals surface area (Å²) >= 11 is 2.31. The first-order valence-electron chi connectivity index (χ1n) is 6.61. The van der Waals surface area contributed by atoms with Crippen molar-refractivity contribution in [3.63, 3.8) is 0 Å². The van der Waals surface area contributed by atoms with Crippen LogP contribution in [0.2, 0.25) is 0 Å². The quantitative estimate of drug-likeness (QED) is 0.418. The maximum atomic E-state index is 12.1. The van der Waals surface area contributed by atoms with Crippen LogP contribution < -0.4 is 5.32 Å². The first-order valence-corrected chi connectivity index (χ1v) is 8.65. The Morgan fingerprint density at radius 1 is 1.29 bits per heavy atom. The van der Waals surface area contributed by atoms with E-state index in [-0.39, 0.29) is 21.8 Å². The molecule has 0 aliphatic carbocycles. The van der Waals surface area contributed by atoms with Crippen molar-refractivity contribution < 1.29 is 14.1 Å². The first kappa shape index (κ1) is 16.1. The zero-order valence-electron chi connectivity index (χ0n) is 12.3. The van der Waals surface area contributed by atoms with Crippen LogP contribution in [0, 0.1) is 10.1 Å². The van der Waals surface area contributed by atoms with Crippen LogP contribution in [0.3, 0.4) is 0 Å². The third kappa shape index (κ3) is 3.29. The topological polar surface area (TPSA) is 111 Å². The number of amides is 1. The van der Waals surface area contributed by atoms with Gasteiger partial charge in [-0.15, -0.1) is 16.9 Å². The molecule has 0 spiro atoms. The van der Waals surface area contributed by atoms with Crippen molar-refractivity contribution in [2.45, 2.75) is 4.90 Å². The van der Waals surface area contributed by atoms with E-state index in [0.717, 1.165) is 21.8 Å². The molecule has 3 aromatic rings. The van der Waals surface area contributed by atoms with E-state index in [2.05, 4.69) is 15.5 Å². The Labute approximate surface area is 144 Å². The molecular weight excluding hydrogens is 352 g/mol. The number of thiophene rings is 1. The molecule has 0 atom stereocenters. The van der Waals surface area contributed by atoms with Gasteiger partial charge in [-0.05, 0) is 24.5 Å². The van der Waals surface area contributed by atoms with Crippen molar-refractivity contribution in [1.29, 1.82) is 0 Å². The third-order valence-corrected chi connectivity index (χ3v) is 4.81. The summed E-state index contributed by atoms with van der Waals surface area (Å²) in [5.41, 5.74) is 0.768. The van der Waals surface area contributed by atoms with Crippen LogP contribution >= 0.6 is 23.1 Å². The fourth-order valence-electron chi connectivity index (χ4n) is 1.91. The Hall–Kier alpha value is -2.72. The highest BCUT2D eigenvalue weighted by atomic mass is 32.2. The van der Waals surface area contributed by atoms with Crippen molar-refractivity contribution >= 4 is 40.0 Å². The summed E-state index contributed by atoms with van der Waals surface area (Å²) in [5.74, 6) is -0.256. The zero-order chi connectivity index (χ0) is 17.1. The first-order chi connectivity index (χ1) is 11.6. The molecule has 0 unspecified atom stereocenters. The summed E-state index contributed by atoms with van der Waals surface area (Å²) in [4.78, 5) is 23.3. The zero-order valence-corrected chi connectivity index (χ0v) is 13.9. The van der Waals surface area contributed by atoms with Crippen molar-refractivity contribution in [2.24, 2.45) is 0 Å². The monoisotopic (exact) mass is 362 g/mol. The maximum absolute atomic E-state index is 12.1. The smallest absolute Gasteiger partial charge is 0.324 e. The molecule has 2 aromatic heterocycles. The van der Waals surface area contributed by atoms with Crippen LogP contribution in [0.1, 0.15) is 9.67 Å². The molecule has 8 nitrogen and oxygen atoms in total. The van der Waals surface area contributed by atoms with Gasteiger partial charge < -0.3 is 4.42 Å². The number of rotatable bonds is 5. The van der Waals surface area contributed by atoms with Crippen LogP contribution in [0.25, 0.3) is 11.5 Å². The largest absolute Gasteiger partial charge is 0.403 e. The molecule has 1 N–H and O–H groups in total. The summed E-state index contributed by atoms with van der Waals surface area (Å²) in [7, 11) is 0. The number of benzene rings is 1. The van der Waals surface area contributed by atoms with Crippen molar-refractivity contribution in [2.75, 3.05) is 11.6 Å². The second kappa shape index (κ2) is 6.81. The van der Waals surface area contributed by atoms with Crippen LogP contribution in [0.4, 0.5) is 11.0 Å². The van der Waals surface area contributed by atoms with Gasteiger partial charge >= 0.3 is 11.0 Å². The summed E-state index contributed by atoms with van der Waals surface area (Å²) in [5, 5.41) is 20.7. The van der Waals surface area contributed by atoms with Gasteiger partial charge in [0.05, 0.1) is 15.4 Å². The second-order valence-electron chi connectivity index (χ2n) is 4.46. The molecular formula is C14H10N4O4S2. The summed E-state index contributed by atoms with van der Waals surface area (Å²) in [6.07, 6.45) is 1.93. The van der Waals surface area contributed by atoms with Crippen molar-refractivity contribution in [1.82, 2.24) is 10.2 Å². The van der Waals surface area contributed by atoms with Crippen LogP contribution in [0.5, 0.6) is 0 Å². The normalized spacial score (nSPS) is 10.5. The molecule has 0 radical (unpaired) electrons. The van der Waals surface area contributed by atoms with Gasteiger partial charge in [0.25, 0.3) is 11.8 Å². The number of carbonyl (C=O) groups is 1. The van der Waals surface area contributed by atoms with Crippen molar-refractivity contribution in [3.8, 4) is 11.5 Å². The van der Waals surface area contributed by atoms with E-state index >= 15 is 0 Å². The van der Waals surface area contributed by atoms with E-state index in [4.69, 9.17) is 4.42 Å². The second-order valence-corrected chi connectivity index (χ2v) is 6.37. The van der Waals surface area contributed by atoms with Gasteiger partial charge in [-0.3, -0.25) is 20.2 Å². The predicted molar refractivity (Wildman–Crippen MR) is 90.4 cm³/mol. The molecule has 1 aromatic carbocycles. The lowest BCUT2D eigenvalue weighted by Gasteiger charge is -2.01. The Kier molecular flexibility index (Phi) is 4.58. The fraction of sp³-hybridized carbons (Fsp3) is 0.0714. The lowest BCUT2D eigenvalue weighted by atomic mass is 10.2. The SMILES string of the molecule is CSc1ccccc1-c1nnc(NC(=O)c2ccc([N+](=O)[O-])s2)o1. The number of nitro groups is 1. The minimum Gasteiger partial charge on any atom is -0.403 e. The molecule has 0 bridgehead atoms. The van der Waals surface area contributed by atoms with Gasteiger partial charge in [-0.1, -0.05) is 28.6 Å². The lowest BCUT2D eigenvalue weighted by molar-refractivity contribution is -0.380. The van der Waals surface area contributed by atoms with E-state index in [9.17, 15) is 14.9 Å². The number of thioether (sulfide) groups is 1. The van der Waals surface area contributed by atoms with Gasteiger partial charge in [0.2, 0.25) is 0 Å². The summed E-state index contributed by atoms with van der Waals surface area (Å²) < 4.78 is 5.46. The van der Waals surface area contributed by atoms with Gasteiger partial charge in [0, 0.05) is 11.0 Å². The highest BCUT2D eigenvalue weighted by Crippen LogP contribution is 2.30. The summed E-state index contributed by atoms with van der Waals surface area (Å²) in [6.45, 7) is 0. The Morgan fingerprint density at radius 3 is 2.79 bits per heavy atom. The van der Waals surface area contributed by atoms with E-state index in [1.165, 1.54) is 23.9 Å². The maximum Gasteiger partial charge on any atom is 0.324 e. The molecule has 1 amide bonds. The molecule has 0 fully saturated rings. The summed E-state index contributed by atoms with van der Waals surface area (Å²) in [6, 6.07) is 10.1. The molecule has 0 aliphatic heterocycles.